The fraction of sp³-hybridized carbons (Fsp3) is 0.179. The Hall–Kier alpha value is -4.82. The fourth-order valence-corrected chi connectivity index (χ4v) is 5.13. The number of nitrogens with one attached hydrogen (secondary N) is 4. The van der Waals surface area contributed by atoms with Crippen molar-refractivity contribution in [2.75, 3.05) is 11.6 Å². The predicted octanol–water partition coefficient (Wildman–Crippen LogP) is 4.77. The third-order valence-electron chi connectivity index (χ3n) is 6.45. The van der Waals surface area contributed by atoms with Gasteiger partial charge in [-0.1, -0.05) is 0 Å². The number of hydrogen-bond donors (Lipinski definition) is 4. The van der Waals surface area contributed by atoms with Gasteiger partial charge in [-0.2, -0.15) is 5.10 Å². The van der Waals surface area contributed by atoms with Crippen LogP contribution in [0.5, 0.6) is 0 Å². The highest BCUT2D eigenvalue weighted by Crippen LogP contribution is 2.35. The highest BCUT2D eigenvalue weighted by Gasteiger charge is 2.22. The minimum Gasteiger partial charge on any atom is -0.382 e. The highest BCUT2D eigenvalue weighted by molar-refractivity contribution is 7.88. The van der Waals surface area contributed by atoms with Crippen LogP contribution in [0.1, 0.15) is 19.4 Å². The first-order valence-corrected chi connectivity index (χ1v) is 14.8. The summed E-state index contributed by atoms with van der Waals surface area (Å²) in [7, 11) is -3.47. The second-order valence-corrected chi connectivity index (χ2v) is 12.0. The lowest BCUT2D eigenvalue weighted by atomic mass is 10.0. The van der Waals surface area contributed by atoms with Gasteiger partial charge in [0.2, 0.25) is 10.0 Å². The van der Waals surface area contributed by atoms with Gasteiger partial charge >= 0.3 is 0 Å². The Kier molecular flexibility index (Phi) is 6.86. The topological polar surface area (TPSA) is 154 Å². The average molecular weight is 590 g/mol. The normalized spacial score (nSPS) is 12.0. The third-order valence-corrected chi connectivity index (χ3v) is 7.12. The highest BCUT2D eigenvalue weighted by atomic mass is 32.2. The van der Waals surface area contributed by atoms with Gasteiger partial charge in [0, 0.05) is 54.1 Å². The Labute approximate surface area is 238 Å². The first-order chi connectivity index (χ1) is 20.1. The monoisotopic (exact) mass is 589 g/mol. The zero-order valence-electron chi connectivity index (χ0n) is 22.7. The van der Waals surface area contributed by atoms with Gasteiger partial charge in [0.05, 0.1) is 17.3 Å². The van der Waals surface area contributed by atoms with E-state index in [2.05, 4.69) is 45.2 Å². The lowest BCUT2D eigenvalue weighted by Gasteiger charge is -2.11. The molecule has 42 heavy (non-hydrogen) atoms. The van der Waals surface area contributed by atoms with Gasteiger partial charge < -0.3 is 10.3 Å². The van der Waals surface area contributed by atoms with Crippen LogP contribution in [0.2, 0.25) is 0 Å². The molecule has 0 bridgehead atoms. The molecule has 0 atom stereocenters. The number of rotatable bonds is 8. The Morgan fingerprint density at radius 2 is 1.81 bits per heavy atom. The van der Waals surface area contributed by atoms with Crippen molar-refractivity contribution in [1.29, 1.82) is 0 Å². The summed E-state index contributed by atoms with van der Waals surface area (Å²) in [6.07, 6.45) is 7.22. The van der Waals surface area contributed by atoms with Crippen molar-refractivity contribution in [1.82, 2.24) is 39.8 Å². The standard InChI is InChI=1S/C28H25F2N9O2S/c1-14(2)35-19-9-17(11-31-12-19)21-13-33-26-22(23(21)30)25(38-39-26)28-36-24-20(4-5-32-27(24)37-28)16-6-15(7-18(29)8-16)10-34-42(3,40)41/h4-9,11-14,34-35H,10H2,1-3H3,(H,32,36,37)(H,33,38,39). The minimum absolute atomic E-state index is 0.0799. The van der Waals surface area contributed by atoms with Crippen LogP contribution in [0.4, 0.5) is 14.5 Å². The molecule has 0 aliphatic carbocycles. The molecule has 0 amide bonds. The molecule has 6 aromatic rings. The summed E-state index contributed by atoms with van der Waals surface area (Å²) in [4.78, 5) is 20.7. The number of pyridine rings is 3. The van der Waals surface area contributed by atoms with E-state index in [4.69, 9.17) is 0 Å². The summed E-state index contributed by atoms with van der Waals surface area (Å²) in [6, 6.07) is 7.88. The molecule has 0 saturated carbocycles. The largest absolute Gasteiger partial charge is 0.382 e. The third kappa shape index (κ3) is 5.41. The molecule has 11 nitrogen and oxygen atoms in total. The van der Waals surface area contributed by atoms with E-state index in [1.165, 1.54) is 24.5 Å². The molecule has 0 aliphatic heterocycles. The van der Waals surface area contributed by atoms with Crippen LogP contribution in [-0.2, 0) is 16.6 Å². The van der Waals surface area contributed by atoms with Gasteiger partial charge in [-0.25, -0.2) is 36.9 Å². The van der Waals surface area contributed by atoms with Crippen molar-refractivity contribution in [3.05, 3.63) is 72.3 Å². The maximum absolute atomic E-state index is 16.1. The van der Waals surface area contributed by atoms with Crippen LogP contribution in [0, 0.1) is 11.6 Å². The zero-order chi connectivity index (χ0) is 29.6. The molecule has 5 heterocycles. The van der Waals surface area contributed by atoms with Crippen molar-refractivity contribution in [3.8, 4) is 33.8 Å². The van der Waals surface area contributed by atoms with Crippen LogP contribution in [0.15, 0.2) is 55.1 Å². The van der Waals surface area contributed by atoms with E-state index < -0.39 is 21.7 Å². The van der Waals surface area contributed by atoms with E-state index in [-0.39, 0.29) is 40.7 Å². The average Bonchev–Trinajstić information content (AvgIpc) is 3.56. The van der Waals surface area contributed by atoms with Crippen molar-refractivity contribution in [3.63, 3.8) is 0 Å². The van der Waals surface area contributed by atoms with Crippen LogP contribution in [0.3, 0.4) is 0 Å². The molecule has 0 unspecified atom stereocenters. The molecule has 4 N–H and O–H groups in total. The molecule has 6 rings (SSSR count). The molecule has 1 aromatic carbocycles. The van der Waals surface area contributed by atoms with Crippen LogP contribution < -0.4 is 10.0 Å². The smallest absolute Gasteiger partial charge is 0.209 e. The summed E-state index contributed by atoms with van der Waals surface area (Å²) in [5.74, 6) is -0.855. The van der Waals surface area contributed by atoms with Crippen molar-refractivity contribution >= 4 is 37.9 Å². The molecule has 0 radical (unpaired) electrons. The Morgan fingerprint density at radius 1 is 0.976 bits per heavy atom. The molecule has 5 aromatic heterocycles. The molecular formula is C28H25F2N9O2S. The van der Waals surface area contributed by atoms with Gasteiger partial charge in [0.1, 0.15) is 22.8 Å². The fourth-order valence-electron chi connectivity index (χ4n) is 4.70. The number of nitrogens with zero attached hydrogens (tertiary/aromatic N) is 5. The van der Waals surface area contributed by atoms with Gasteiger partial charge in [-0.3, -0.25) is 10.1 Å². The van der Waals surface area contributed by atoms with Crippen LogP contribution in [0.25, 0.3) is 56.0 Å². The minimum atomic E-state index is -3.47. The maximum Gasteiger partial charge on any atom is 0.209 e. The predicted molar refractivity (Wildman–Crippen MR) is 156 cm³/mol. The van der Waals surface area contributed by atoms with Gasteiger partial charge in [-0.05, 0) is 55.3 Å². The first-order valence-electron chi connectivity index (χ1n) is 12.9. The van der Waals surface area contributed by atoms with Gasteiger partial charge in [-0.15, -0.1) is 0 Å². The number of fused-ring (bicyclic) bond motifs is 2. The molecule has 0 fully saturated rings. The summed E-state index contributed by atoms with van der Waals surface area (Å²) in [5, 5.41) is 10.4. The van der Waals surface area contributed by atoms with Crippen molar-refractivity contribution in [2.24, 2.45) is 0 Å². The Balaban J connectivity index is 1.43. The van der Waals surface area contributed by atoms with Crippen molar-refractivity contribution in [2.45, 2.75) is 26.4 Å². The van der Waals surface area contributed by atoms with Crippen molar-refractivity contribution < 1.29 is 17.2 Å². The van der Waals surface area contributed by atoms with E-state index in [0.29, 0.717) is 33.4 Å². The quantitative estimate of drug-likeness (QED) is 0.198. The van der Waals surface area contributed by atoms with Gasteiger partial charge in [0.15, 0.2) is 17.1 Å². The second kappa shape index (κ2) is 10.5. The number of aromatic amines is 2. The number of sulfonamides is 1. The lowest BCUT2D eigenvalue weighted by Crippen LogP contribution is -2.21. The van der Waals surface area contributed by atoms with Crippen LogP contribution in [-0.4, -0.2) is 55.8 Å². The number of imidazole rings is 1. The second-order valence-electron chi connectivity index (χ2n) is 10.1. The van der Waals surface area contributed by atoms with Crippen LogP contribution >= 0.6 is 0 Å². The molecule has 214 valence electrons. The molecule has 0 saturated heterocycles. The number of H-pyrrole nitrogens is 2. The van der Waals surface area contributed by atoms with E-state index >= 15 is 4.39 Å². The van der Waals surface area contributed by atoms with E-state index in [1.54, 1.807) is 30.6 Å². The van der Waals surface area contributed by atoms with E-state index in [0.717, 1.165) is 11.9 Å². The zero-order valence-corrected chi connectivity index (χ0v) is 23.5. The summed E-state index contributed by atoms with van der Waals surface area (Å²) in [6.45, 7) is 3.91. The number of aromatic nitrogens is 7. The van der Waals surface area contributed by atoms with E-state index in [1.807, 2.05) is 13.8 Å². The van der Waals surface area contributed by atoms with Gasteiger partial charge in [0.25, 0.3) is 0 Å². The maximum atomic E-state index is 16.1. The first kappa shape index (κ1) is 27.4. The molecule has 0 aliphatic rings. The molecule has 0 spiro atoms. The summed E-state index contributed by atoms with van der Waals surface area (Å²) < 4.78 is 56.1. The van der Waals surface area contributed by atoms with E-state index in [9.17, 15) is 12.8 Å². The molecule has 14 heteroatoms. The molecular weight excluding hydrogens is 564 g/mol. The SMILES string of the molecule is CC(C)Nc1cncc(-c2cnc3[nH]nc(-c4nc5c(-c6cc(F)cc(CNS(C)(=O)=O)c6)ccnc5[nH]4)c3c2F)c1. The number of halogens is 2. The number of hydrogen-bond acceptors (Lipinski definition) is 8. The summed E-state index contributed by atoms with van der Waals surface area (Å²) >= 11 is 0. The lowest BCUT2D eigenvalue weighted by molar-refractivity contribution is 0.586. The number of benzene rings is 1. The summed E-state index contributed by atoms with van der Waals surface area (Å²) in [5.41, 5.74) is 4.18. The number of anilines is 1. The Bertz CT molecular complexity index is 2070. The Morgan fingerprint density at radius 3 is 2.60 bits per heavy atom.